The van der Waals surface area contributed by atoms with Crippen LogP contribution in [0.15, 0.2) is 41.3 Å². The Balaban J connectivity index is 1.81. The molecule has 0 radical (unpaired) electrons. The molecule has 0 bridgehead atoms. The smallest absolute Gasteiger partial charge is 0.421 e. The maximum atomic E-state index is 13.4. The van der Waals surface area contributed by atoms with E-state index in [9.17, 15) is 18.0 Å². The van der Waals surface area contributed by atoms with E-state index in [2.05, 4.69) is 33.9 Å². The molecule has 3 rings (SSSR count). The normalized spacial score (nSPS) is 18.5. The SMILES string of the molecule is Cc1ccc(S(=O)(=O)OCCC[C@H]2OC(=O)C[C@@H]2c2ccc(O[Si](C)(C)C(C)(C)C)n2C(=O)OC(C)(C)C)cc1. The number of cyclic esters (lactones) is 1. The van der Waals surface area contributed by atoms with Crippen LogP contribution in [0.5, 0.6) is 5.88 Å². The second-order valence-corrected chi connectivity index (χ2v) is 19.2. The van der Waals surface area contributed by atoms with Gasteiger partial charge in [-0.1, -0.05) is 38.5 Å². The van der Waals surface area contributed by atoms with Gasteiger partial charge in [0, 0.05) is 11.6 Å². The quantitative estimate of drug-likeness (QED) is 0.139. The predicted molar refractivity (Wildman–Crippen MR) is 155 cm³/mol. The Morgan fingerprint density at radius 2 is 1.68 bits per heavy atom. The van der Waals surface area contributed by atoms with E-state index in [0.717, 1.165) is 5.56 Å². The monoisotopic (exact) mass is 593 g/mol. The van der Waals surface area contributed by atoms with Crippen molar-refractivity contribution in [1.82, 2.24) is 4.57 Å². The van der Waals surface area contributed by atoms with Crippen molar-refractivity contribution in [3.8, 4) is 5.88 Å². The van der Waals surface area contributed by atoms with Crippen LogP contribution < -0.4 is 4.43 Å². The molecule has 0 N–H and O–H groups in total. The van der Waals surface area contributed by atoms with Gasteiger partial charge in [-0.3, -0.25) is 8.98 Å². The van der Waals surface area contributed by atoms with Gasteiger partial charge in [-0.15, -0.1) is 0 Å². The van der Waals surface area contributed by atoms with Crippen LogP contribution in [-0.4, -0.2) is 51.7 Å². The first kappa shape index (κ1) is 31.9. The lowest BCUT2D eigenvalue weighted by Crippen LogP contribution is -2.44. The fourth-order valence-corrected chi connectivity index (χ4v) is 6.04. The van der Waals surface area contributed by atoms with E-state index >= 15 is 0 Å². The molecule has 1 aromatic carbocycles. The van der Waals surface area contributed by atoms with Crippen LogP contribution in [0.4, 0.5) is 4.79 Å². The first-order valence-corrected chi connectivity index (χ1v) is 17.9. The second kappa shape index (κ2) is 11.7. The molecule has 1 saturated heterocycles. The molecule has 0 spiro atoms. The van der Waals surface area contributed by atoms with Crippen LogP contribution in [0.25, 0.3) is 0 Å². The van der Waals surface area contributed by atoms with Crippen molar-refractivity contribution in [3.05, 3.63) is 47.7 Å². The average molecular weight is 594 g/mol. The number of ether oxygens (including phenoxy) is 2. The van der Waals surface area contributed by atoms with Crippen LogP contribution in [0, 0.1) is 6.92 Å². The summed E-state index contributed by atoms with van der Waals surface area (Å²) >= 11 is 0. The van der Waals surface area contributed by atoms with E-state index in [0.29, 0.717) is 24.4 Å². The Morgan fingerprint density at radius 1 is 1.05 bits per heavy atom. The lowest BCUT2D eigenvalue weighted by molar-refractivity contribution is -0.141. The van der Waals surface area contributed by atoms with Gasteiger partial charge < -0.3 is 13.9 Å². The molecule has 0 unspecified atom stereocenters. The maximum absolute atomic E-state index is 13.4. The highest BCUT2D eigenvalue weighted by Gasteiger charge is 2.43. The Kier molecular flexibility index (Phi) is 9.32. The van der Waals surface area contributed by atoms with Crippen LogP contribution in [0.3, 0.4) is 0 Å². The molecule has 1 fully saturated rings. The van der Waals surface area contributed by atoms with E-state index in [1.807, 2.05) is 6.92 Å². The van der Waals surface area contributed by atoms with Gasteiger partial charge in [0.15, 0.2) is 5.88 Å². The zero-order chi connectivity index (χ0) is 30.1. The molecular weight excluding hydrogens is 550 g/mol. The van der Waals surface area contributed by atoms with E-state index in [1.165, 1.54) is 16.7 Å². The number of carbonyl (C=O) groups excluding carboxylic acids is 2. The molecule has 9 nitrogen and oxygen atoms in total. The summed E-state index contributed by atoms with van der Waals surface area (Å²) in [5.74, 6) is -0.445. The Bertz CT molecular complexity index is 1320. The van der Waals surface area contributed by atoms with Gasteiger partial charge in [0.25, 0.3) is 18.4 Å². The molecular formula is C29H43NO8SSi. The van der Waals surface area contributed by atoms with Crippen molar-refractivity contribution in [2.24, 2.45) is 0 Å². The van der Waals surface area contributed by atoms with Crippen molar-refractivity contribution in [1.29, 1.82) is 0 Å². The summed E-state index contributed by atoms with van der Waals surface area (Å²) in [6, 6.07) is 9.96. The highest BCUT2D eigenvalue weighted by Crippen LogP contribution is 2.41. The fourth-order valence-electron chi connectivity index (χ4n) is 4.11. The molecule has 40 heavy (non-hydrogen) atoms. The third-order valence-corrected chi connectivity index (χ3v) is 13.0. The zero-order valence-electron chi connectivity index (χ0n) is 25.1. The number of aromatic nitrogens is 1. The first-order chi connectivity index (χ1) is 18.3. The fraction of sp³-hybridized carbons (Fsp3) is 0.586. The topological polar surface area (TPSA) is 110 Å². The highest BCUT2D eigenvalue weighted by atomic mass is 32.2. The van der Waals surface area contributed by atoms with Gasteiger partial charge in [-0.25, -0.2) is 9.36 Å². The number of rotatable bonds is 9. The van der Waals surface area contributed by atoms with Gasteiger partial charge in [0.05, 0.1) is 17.9 Å². The Morgan fingerprint density at radius 3 is 2.25 bits per heavy atom. The van der Waals surface area contributed by atoms with E-state index in [-0.39, 0.29) is 28.9 Å². The lowest BCUT2D eigenvalue weighted by atomic mass is 9.94. The summed E-state index contributed by atoms with van der Waals surface area (Å²) < 4.78 is 49.5. The number of esters is 1. The van der Waals surface area contributed by atoms with E-state index in [1.54, 1.807) is 45.0 Å². The summed E-state index contributed by atoms with van der Waals surface area (Å²) in [6.45, 7) is 17.7. The molecule has 222 valence electrons. The van der Waals surface area contributed by atoms with E-state index in [4.69, 9.17) is 18.1 Å². The van der Waals surface area contributed by atoms with Crippen LogP contribution in [0.2, 0.25) is 18.1 Å². The van der Waals surface area contributed by atoms with Crippen molar-refractivity contribution < 1.29 is 36.1 Å². The summed E-state index contributed by atoms with van der Waals surface area (Å²) in [6.07, 6.45) is -0.376. The largest absolute Gasteiger partial charge is 0.531 e. The molecule has 0 saturated carbocycles. The minimum absolute atomic E-state index is 0.0657. The third-order valence-electron chi connectivity index (χ3n) is 7.30. The number of benzene rings is 1. The number of carbonyl (C=O) groups is 2. The van der Waals surface area contributed by atoms with Gasteiger partial charge >= 0.3 is 12.1 Å². The van der Waals surface area contributed by atoms with Crippen LogP contribution in [0.1, 0.15) is 78.0 Å². The molecule has 11 heteroatoms. The molecule has 2 atom stereocenters. The molecule has 2 aromatic rings. The molecule has 0 amide bonds. The first-order valence-electron chi connectivity index (χ1n) is 13.6. The van der Waals surface area contributed by atoms with E-state index < -0.39 is 42.2 Å². The predicted octanol–water partition coefficient (Wildman–Crippen LogP) is 6.55. The van der Waals surface area contributed by atoms with Crippen molar-refractivity contribution in [2.45, 2.75) is 108 Å². The van der Waals surface area contributed by atoms with Crippen molar-refractivity contribution >= 4 is 30.5 Å². The third kappa shape index (κ3) is 7.76. The zero-order valence-corrected chi connectivity index (χ0v) is 26.9. The number of hydrogen-bond donors (Lipinski definition) is 0. The minimum Gasteiger partial charge on any atom is -0.531 e. The second-order valence-electron chi connectivity index (χ2n) is 12.8. The van der Waals surface area contributed by atoms with Gasteiger partial charge in [-0.05, 0) is 82.9 Å². The number of nitrogens with zero attached hydrogens (tertiary/aromatic N) is 1. The maximum Gasteiger partial charge on any atom is 0.421 e. The average Bonchev–Trinajstić information content (AvgIpc) is 3.37. The Labute approximate surface area is 239 Å². The molecule has 1 aliphatic rings. The van der Waals surface area contributed by atoms with Crippen LogP contribution in [-0.2, 0) is 28.6 Å². The highest BCUT2D eigenvalue weighted by molar-refractivity contribution is 7.86. The molecule has 2 heterocycles. The standard InChI is InChI=1S/C29H43NO8SSi/c1-20-12-14-21(15-13-20)39(33,34)35-18-10-11-24-22(19-26(31)36-24)23-16-17-25(38-40(8,9)29(5,6)7)30(23)27(32)37-28(2,3)4/h12-17,22,24H,10-11,18-19H2,1-9H3/t22-,24-/m1/s1. The molecule has 1 aliphatic heterocycles. The Hall–Kier alpha value is -2.63. The summed E-state index contributed by atoms with van der Waals surface area (Å²) in [5, 5.41) is -0.107. The molecule has 1 aromatic heterocycles. The number of hydrogen-bond acceptors (Lipinski definition) is 8. The summed E-state index contributed by atoms with van der Waals surface area (Å²) in [5.41, 5.74) is 0.767. The molecule has 0 aliphatic carbocycles. The summed E-state index contributed by atoms with van der Waals surface area (Å²) in [7, 11) is -6.21. The number of aryl methyl sites for hydroxylation is 1. The van der Waals surface area contributed by atoms with Gasteiger partial charge in [0.1, 0.15) is 11.7 Å². The lowest BCUT2D eigenvalue weighted by Gasteiger charge is -2.36. The van der Waals surface area contributed by atoms with Crippen molar-refractivity contribution in [2.75, 3.05) is 6.61 Å². The van der Waals surface area contributed by atoms with Crippen LogP contribution >= 0.6 is 0 Å². The van der Waals surface area contributed by atoms with Gasteiger partial charge in [0.2, 0.25) is 0 Å². The van der Waals surface area contributed by atoms with Gasteiger partial charge in [-0.2, -0.15) is 8.42 Å². The minimum atomic E-state index is -3.90. The summed E-state index contributed by atoms with van der Waals surface area (Å²) in [4.78, 5) is 25.9. The van der Waals surface area contributed by atoms with Crippen molar-refractivity contribution in [3.63, 3.8) is 0 Å².